The Labute approximate surface area is 157 Å². The van der Waals surface area contributed by atoms with Crippen molar-refractivity contribution in [2.24, 2.45) is 0 Å². The van der Waals surface area contributed by atoms with Gasteiger partial charge in [0.05, 0.1) is 5.56 Å². The average Bonchev–Trinajstić information content (AvgIpc) is 2.68. The number of anilines is 1. The van der Waals surface area contributed by atoms with E-state index in [1.165, 1.54) is 16.7 Å². The summed E-state index contributed by atoms with van der Waals surface area (Å²) in [4.78, 5) is 4.46. The molecule has 27 heavy (non-hydrogen) atoms. The van der Waals surface area contributed by atoms with Gasteiger partial charge in [-0.2, -0.15) is 13.2 Å². The molecule has 1 fully saturated rings. The van der Waals surface area contributed by atoms with Gasteiger partial charge in [0.2, 0.25) is 0 Å². The van der Waals surface area contributed by atoms with Crippen LogP contribution in [0.2, 0.25) is 0 Å². The first-order valence-corrected chi connectivity index (χ1v) is 9.09. The Balaban J connectivity index is 1.42. The summed E-state index contributed by atoms with van der Waals surface area (Å²) in [5, 5.41) is 0. The van der Waals surface area contributed by atoms with Crippen LogP contribution in [0.1, 0.15) is 17.5 Å². The van der Waals surface area contributed by atoms with Gasteiger partial charge in [-0.15, -0.1) is 0 Å². The number of rotatable bonds is 3. The first-order chi connectivity index (χ1) is 13.0. The van der Waals surface area contributed by atoms with Crippen LogP contribution in [0.4, 0.5) is 18.9 Å². The van der Waals surface area contributed by atoms with Gasteiger partial charge < -0.3 is 4.90 Å². The maximum atomic E-state index is 12.7. The quantitative estimate of drug-likeness (QED) is 0.729. The van der Waals surface area contributed by atoms with E-state index in [0.717, 1.165) is 43.9 Å². The molecular weight excluding hydrogens is 349 g/mol. The smallest absolute Gasteiger partial charge is 0.344 e. The fourth-order valence-corrected chi connectivity index (χ4v) is 3.65. The molecule has 2 nitrogen and oxygen atoms in total. The zero-order valence-electron chi connectivity index (χ0n) is 14.9. The van der Waals surface area contributed by atoms with Crippen molar-refractivity contribution in [3.8, 4) is 0 Å². The highest BCUT2D eigenvalue weighted by Crippen LogP contribution is 2.32. The normalized spacial score (nSPS) is 18.0. The molecule has 0 aromatic heterocycles. The lowest BCUT2D eigenvalue weighted by Crippen LogP contribution is -2.35. The lowest BCUT2D eigenvalue weighted by molar-refractivity contribution is -0.137. The van der Waals surface area contributed by atoms with E-state index in [1.54, 1.807) is 12.1 Å². The lowest BCUT2D eigenvalue weighted by Gasteiger charge is -2.35. The van der Waals surface area contributed by atoms with Crippen LogP contribution in [0, 0.1) is 0 Å². The Morgan fingerprint density at radius 2 is 1.63 bits per heavy atom. The highest BCUT2D eigenvalue weighted by Gasteiger charge is 2.30. The van der Waals surface area contributed by atoms with Gasteiger partial charge in [0.15, 0.2) is 0 Å². The molecule has 0 bridgehead atoms. The summed E-state index contributed by atoms with van der Waals surface area (Å²) in [6.07, 6.45) is 0.954. The molecule has 140 valence electrons. The van der Waals surface area contributed by atoms with E-state index in [2.05, 4.69) is 41.4 Å². The van der Waals surface area contributed by atoms with Crippen LogP contribution in [-0.4, -0.2) is 24.5 Å². The van der Waals surface area contributed by atoms with Crippen LogP contribution in [-0.2, 0) is 12.7 Å². The van der Waals surface area contributed by atoms with E-state index >= 15 is 0 Å². The summed E-state index contributed by atoms with van der Waals surface area (Å²) in [6.45, 7) is 3.53. The predicted octanol–water partition coefficient (Wildman–Crippen LogP) is 5.24. The van der Waals surface area contributed by atoms with Gasteiger partial charge >= 0.3 is 6.18 Å². The maximum Gasteiger partial charge on any atom is 0.416 e. The number of likely N-dealkylation sites (tertiary alicyclic amines) is 1. The second-order valence-corrected chi connectivity index (χ2v) is 7.03. The van der Waals surface area contributed by atoms with Crippen molar-refractivity contribution in [2.75, 3.05) is 24.5 Å². The number of hydrogen-bond donors (Lipinski definition) is 0. The highest BCUT2D eigenvalue weighted by molar-refractivity contribution is 5.56. The number of benzene rings is 2. The summed E-state index contributed by atoms with van der Waals surface area (Å²) >= 11 is 0. The zero-order chi connectivity index (χ0) is 18.9. The van der Waals surface area contributed by atoms with E-state index < -0.39 is 11.7 Å². The molecule has 2 heterocycles. The highest BCUT2D eigenvalue weighted by atomic mass is 19.4. The van der Waals surface area contributed by atoms with E-state index in [1.807, 2.05) is 11.0 Å². The molecule has 1 saturated heterocycles. The van der Waals surface area contributed by atoms with Crippen LogP contribution in [0.5, 0.6) is 0 Å². The average molecular weight is 370 g/mol. The van der Waals surface area contributed by atoms with E-state index in [9.17, 15) is 13.2 Å². The second-order valence-electron chi connectivity index (χ2n) is 7.03. The predicted molar refractivity (Wildman–Crippen MR) is 101 cm³/mol. The van der Waals surface area contributed by atoms with Gasteiger partial charge in [0, 0.05) is 38.1 Å². The van der Waals surface area contributed by atoms with Crippen LogP contribution >= 0.6 is 0 Å². The van der Waals surface area contributed by atoms with Gasteiger partial charge in [0.25, 0.3) is 0 Å². The van der Waals surface area contributed by atoms with Gasteiger partial charge in [-0.3, -0.25) is 4.90 Å². The molecule has 0 spiro atoms. The Morgan fingerprint density at radius 1 is 0.889 bits per heavy atom. The van der Waals surface area contributed by atoms with Crippen molar-refractivity contribution in [2.45, 2.75) is 19.1 Å². The van der Waals surface area contributed by atoms with Crippen molar-refractivity contribution in [3.63, 3.8) is 0 Å². The van der Waals surface area contributed by atoms with E-state index in [4.69, 9.17) is 0 Å². The van der Waals surface area contributed by atoms with Crippen molar-refractivity contribution in [1.29, 1.82) is 0 Å². The molecule has 2 aliphatic heterocycles. The SMILES string of the molecule is FC(F)(F)c1ccc(N2C=C3CCN(Cc4ccccc4)CC3=CC2)cc1. The first kappa shape index (κ1) is 17.9. The monoisotopic (exact) mass is 370 g/mol. The van der Waals surface area contributed by atoms with Crippen molar-refractivity contribution in [1.82, 2.24) is 4.90 Å². The summed E-state index contributed by atoms with van der Waals surface area (Å²) in [5.74, 6) is 0. The number of halogens is 3. The third-order valence-electron chi connectivity index (χ3n) is 5.13. The third kappa shape index (κ3) is 4.08. The van der Waals surface area contributed by atoms with Crippen LogP contribution in [0.25, 0.3) is 0 Å². The van der Waals surface area contributed by atoms with Crippen molar-refractivity contribution < 1.29 is 13.2 Å². The second kappa shape index (κ2) is 7.24. The van der Waals surface area contributed by atoms with Crippen LogP contribution in [0.15, 0.2) is 78.0 Å². The minimum atomic E-state index is -4.29. The molecule has 0 amide bonds. The number of piperidine rings is 1. The van der Waals surface area contributed by atoms with Crippen molar-refractivity contribution >= 4 is 5.69 Å². The fraction of sp³-hybridized carbons (Fsp3) is 0.273. The molecule has 0 aliphatic carbocycles. The molecule has 0 N–H and O–H groups in total. The van der Waals surface area contributed by atoms with Gasteiger partial charge in [-0.1, -0.05) is 36.4 Å². The van der Waals surface area contributed by atoms with E-state index in [-0.39, 0.29) is 0 Å². The van der Waals surface area contributed by atoms with Crippen molar-refractivity contribution in [3.05, 3.63) is 89.1 Å². The summed E-state index contributed by atoms with van der Waals surface area (Å²) in [7, 11) is 0. The van der Waals surface area contributed by atoms with Crippen LogP contribution < -0.4 is 4.90 Å². The lowest BCUT2D eigenvalue weighted by atomic mass is 9.95. The standard InChI is InChI=1S/C22H21F3N2/c23-22(24,25)20-6-8-21(9-7-20)27-13-11-18-15-26(12-10-19(18)16-27)14-17-4-2-1-3-5-17/h1-9,11,16H,10,12-15H2. The Hall–Kier alpha value is -2.53. The molecular formula is C22H21F3N2. The summed E-state index contributed by atoms with van der Waals surface area (Å²) < 4.78 is 38.2. The third-order valence-corrected chi connectivity index (χ3v) is 5.13. The largest absolute Gasteiger partial charge is 0.416 e. The summed E-state index contributed by atoms with van der Waals surface area (Å²) in [6, 6.07) is 15.8. The Morgan fingerprint density at radius 3 is 2.33 bits per heavy atom. The zero-order valence-corrected chi connectivity index (χ0v) is 14.9. The minimum absolute atomic E-state index is 0.610. The molecule has 0 saturated carbocycles. The molecule has 4 rings (SSSR count). The molecule has 2 aliphatic rings. The number of hydrogen-bond acceptors (Lipinski definition) is 2. The van der Waals surface area contributed by atoms with E-state index in [0.29, 0.717) is 6.54 Å². The number of nitrogens with zero attached hydrogens (tertiary/aromatic N) is 2. The maximum absolute atomic E-state index is 12.7. The molecule has 2 aromatic carbocycles. The number of fused-ring (bicyclic) bond motifs is 1. The Kier molecular flexibility index (Phi) is 4.79. The molecule has 0 radical (unpaired) electrons. The number of alkyl halides is 3. The van der Waals surface area contributed by atoms with Gasteiger partial charge in [-0.25, -0.2) is 0 Å². The van der Waals surface area contributed by atoms with Gasteiger partial charge in [0.1, 0.15) is 0 Å². The first-order valence-electron chi connectivity index (χ1n) is 9.09. The molecule has 0 unspecified atom stereocenters. The van der Waals surface area contributed by atoms with Crippen LogP contribution in [0.3, 0.4) is 0 Å². The minimum Gasteiger partial charge on any atom is -0.344 e. The molecule has 5 heteroatoms. The molecule has 0 atom stereocenters. The molecule has 2 aromatic rings. The topological polar surface area (TPSA) is 6.48 Å². The van der Waals surface area contributed by atoms with Gasteiger partial charge in [-0.05, 0) is 47.4 Å². The summed E-state index contributed by atoms with van der Waals surface area (Å²) in [5.41, 5.74) is 4.11. The fourth-order valence-electron chi connectivity index (χ4n) is 3.65. The Bertz CT molecular complexity index is 851.